The molecule has 0 aromatic heterocycles. The summed E-state index contributed by atoms with van der Waals surface area (Å²) in [5, 5.41) is 3.42. The van der Waals surface area contributed by atoms with Gasteiger partial charge in [0, 0.05) is 12.0 Å². The molecule has 1 aromatic rings. The van der Waals surface area contributed by atoms with Crippen LogP contribution in [0, 0.1) is 13.8 Å². The summed E-state index contributed by atoms with van der Waals surface area (Å²) in [7, 11) is 2.08. The largest absolute Gasteiger partial charge is 0.319 e. The van der Waals surface area contributed by atoms with Crippen LogP contribution >= 0.6 is 0 Å². The minimum atomic E-state index is 0.394. The monoisotopic (exact) mass is 231 g/mol. The summed E-state index contributed by atoms with van der Waals surface area (Å²) >= 11 is 0. The summed E-state index contributed by atoms with van der Waals surface area (Å²) < 4.78 is 0. The van der Waals surface area contributed by atoms with Crippen molar-refractivity contribution in [1.82, 2.24) is 5.32 Å². The van der Waals surface area contributed by atoms with E-state index < -0.39 is 0 Å². The number of benzene rings is 1. The van der Waals surface area contributed by atoms with Crippen molar-refractivity contribution < 1.29 is 0 Å². The van der Waals surface area contributed by atoms with Gasteiger partial charge in [-0.1, -0.05) is 43.0 Å². The fourth-order valence-electron chi connectivity index (χ4n) is 3.52. The predicted molar refractivity (Wildman–Crippen MR) is 74.6 cm³/mol. The number of hydrogen-bond donors (Lipinski definition) is 1. The van der Waals surface area contributed by atoms with E-state index in [2.05, 4.69) is 44.4 Å². The third-order valence-electron chi connectivity index (χ3n) is 4.28. The number of nitrogens with one attached hydrogen (secondary N) is 1. The summed E-state index contributed by atoms with van der Waals surface area (Å²) in [5.74, 6) is 0. The fourth-order valence-corrected chi connectivity index (χ4v) is 3.52. The third-order valence-corrected chi connectivity index (χ3v) is 4.28. The van der Waals surface area contributed by atoms with Crippen molar-refractivity contribution in [3.8, 4) is 0 Å². The van der Waals surface area contributed by atoms with Crippen LogP contribution in [-0.4, -0.2) is 13.6 Å². The van der Waals surface area contributed by atoms with E-state index >= 15 is 0 Å². The second kappa shape index (κ2) is 5.22. The summed E-state index contributed by atoms with van der Waals surface area (Å²) in [5.41, 5.74) is 4.83. The van der Waals surface area contributed by atoms with Gasteiger partial charge in [0.05, 0.1) is 0 Å². The van der Waals surface area contributed by atoms with Crippen LogP contribution in [0.5, 0.6) is 0 Å². The van der Waals surface area contributed by atoms with E-state index in [1.165, 1.54) is 43.2 Å². The molecule has 0 heterocycles. The van der Waals surface area contributed by atoms with Gasteiger partial charge in [-0.3, -0.25) is 0 Å². The topological polar surface area (TPSA) is 12.0 Å². The zero-order chi connectivity index (χ0) is 12.3. The van der Waals surface area contributed by atoms with E-state index in [1.54, 1.807) is 5.56 Å². The first-order valence-corrected chi connectivity index (χ1v) is 6.90. The molecule has 2 rings (SSSR count). The summed E-state index contributed by atoms with van der Waals surface area (Å²) in [6.07, 6.45) is 6.87. The Labute approximate surface area is 106 Å². The highest BCUT2D eigenvalue weighted by Gasteiger charge is 2.34. The minimum absolute atomic E-state index is 0.394. The molecular formula is C16H25N. The van der Waals surface area contributed by atoms with Gasteiger partial charge in [-0.2, -0.15) is 0 Å². The summed E-state index contributed by atoms with van der Waals surface area (Å²) in [6.45, 7) is 5.58. The molecule has 0 aliphatic heterocycles. The molecule has 1 nitrogen and oxygen atoms in total. The number of rotatable bonds is 3. The van der Waals surface area contributed by atoms with E-state index in [9.17, 15) is 0 Å². The van der Waals surface area contributed by atoms with Crippen molar-refractivity contribution in [2.45, 2.75) is 51.4 Å². The normalized spacial score (nSPS) is 19.2. The lowest BCUT2D eigenvalue weighted by atomic mass is 9.68. The Balaban J connectivity index is 2.37. The SMILES string of the molecule is CNCC1(c2ccc(C)cc2C)CCCCC1. The van der Waals surface area contributed by atoms with Crippen molar-refractivity contribution >= 4 is 0 Å². The standard InChI is InChI=1S/C16H25N/c1-13-7-8-15(14(2)11-13)16(12-17-3)9-5-4-6-10-16/h7-8,11,17H,4-6,9-10,12H2,1-3H3. The summed E-state index contributed by atoms with van der Waals surface area (Å²) in [4.78, 5) is 0. The number of aryl methyl sites for hydroxylation is 2. The lowest BCUT2D eigenvalue weighted by Gasteiger charge is -2.39. The smallest absolute Gasteiger partial charge is 0.00802 e. The van der Waals surface area contributed by atoms with Gasteiger partial charge in [0.2, 0.25) is 0 Å². The average Bonchev–Trinajstić information content (AvgIpc) is 2.30. The van der Waals surface area contributed by atoms with E-state index in [4.69, 9.17) is 0 Å². The quantitative estimate of drug-likeness (QED) is 0.836. The van der Waals surface area contributed by atoms with E-state index in [0.29, 0.717) is 5.41 Å². The molecule has 1 heteroatoms. The molecule has 0 radical (unpaired) electrons. The van der Waals surface area contributed by atoms with E-state index in [-0.39, 0.29) is 0 Å². The Morgan fingerprint density at radius 1 is 1.12 bits per heavy atom. The predicted octanol–water partition coefficient (Wildman–Crippen LogP) is 3.72. The van der Waals surface area contributed by atoms with Gasteiger partial charge in [0.15, 0.2) is 0 Å². The van der Waals surface area contributed by atoms with E-state index in [1.807, 2.05) is 0 Å². The number of likely N-dealkylation sites (N-methyl/N-ethyl adjacent to an activating group) is 1. The van der Waals surface area contributed by atoms with Crippen molar-refractivity contribution in [2.75, 3.05) is 13.6 Å². The van der Waals surface area contributed by atoms with Gasteiger partial charge in [-0.15, -0.1) is 0 Å². The molecule has 17 heavy (non-hydrogen) atoms. The highest BCUT2D eigenvalue weighted by atomic mass is 14.8. The molecular weight excluding hydrogens is 206 g/mol. The molecule has 1 saturated carbocycles. The third kappa shape index (κ3) is 2.55. The Morgan fingerprint density at radius 2 is 1.82 bits per heavy atom. The Hall–Kier alpha value is -0.820. The van der Waals surface area contributed by atoms with Crippen molar-refractivity contribution in [3.63, 3.8) is 0 Å². The van der Waals surface area contributed by atoms with Crippen LogP contribution in [-0.2, 0) is 5.41 Å². The van der Waals surface area contributed by atoms with Gasteiger partial charge in [-0.25, -0.2) is 0 Å². The molecule has 94 valence electrons. The molecule has 1 fully saturated rings. The van der Waals surface area contributed by atoms with Crippen molar-refractivity contribution in [1.29, 1.82) is 0 Å². The van der Waals surface area contributed by atoms with Gasteiger partial charge < -0.3 is 5.32 Å². The van der Waals surface area contributed by atoms with Gasteiger partial charge in [0.25, 0.3) is 0 Å². The Kier molecular flexibility index (Phi) is 3.88. The van der Waals surface area contributed by atoms with E-state index in [0.717, 1.165) is 6.54 Å². The molecule has 0 bridgehead atoms. The average molecular weight is 231 g/mol. The molecule has 0 saturated heterocycles. The van der Waals surface area contributed by atoms with Gasteiger partial charge >= 0.3 is 0 Å². The zero-order valence-electron chi connectivity index (χ0n) is 11.5. The molecule has 1 aliphatic carbocycles. The molecule has 1 aliphatic rings. The maximum Gasteiger partial charge on any atom is 0.00802 e. The minimum Gasteiger partial charge on any atom is -0.319 e. The first-order chi connectivity index (χ1) is 8.18. The molecule has 0 atom stereocenters. The number of hydrogen-bond acceptors (Lipinski definition) is 1. The lowest BCUT2D eigenvalue weighted by molar-refractivity contribution is 0.285. The van der Waals surface area contributed by atoms with Crippen LogP contribution in [0.15, 0.2) is 18.2 Å². The zero-order valence-corrected chi connectivity index (χ0v) is 11.5. The maximum atomic E-state index is 3.42. The van der Waals surface area contributed by atoms with Crippen LogP contribution in [0.4, 0.5) is 0 Å². The fraction of sp³-hybridized carbons (Fsp3) is 0.625. The highest BCUT2D eigenvalue weighted by Crippen LogP contribution is 2.40. The second-order valence-electron chi connectivity index (χ2n) is 5.69. The molecule has 1 N–H and O–H groups in total. The van der Waals surface area contributed by atoms with Gasteiger partial charge in [-0.05, 0) is 44.9 Å². The van der Waals surface area contributed by atoms with Crippen molar-refractivity contribution in [3.05, 3.63) is 34.9 Å². The Bertz CT molecular complexity index is 370. The molecule has 0 unspecified atom stereocenters. The second-order valence-corrected chi connectivity index (χ2v) is 5.69. The first-order valence-electron chi connectivity index (χ1n) is 6.90. The maximum absolute atomic E-state index is 3.42. The highest BCUT2D eigenvalue weighted by molar-refractivity contribution is 5.37. The van der Waals surface area contributed by atoms with Crippen LogP contribution in [0.1, 0.15) is 48.8 Å². The van der Waals surface area contributed by atoms with Crippen LogP contribution in [0.25, 0.3) is 0 Å². The van der Waals surface area contributed by atoms with Crippen LogP contribution < -0.4 is 5.32 Å². The van der Waals surface area contributed by atoms with Gasteiger partial charge in [0.1, 0.15) is 0 Å². The lowest BCUT2D eigenvalue weighted by Crippen LogP contribution is -2.39. The summed E-state index contributed by atoms with van der Waals surface area (Å²) in [6, 6.07) is 6.98. The molecule has 0 spiro atoms. The molecule has 1 aromatic carbocycles. The van der Waals surface area contributed by atoms with Crippen LogP contribution in [0.3, 0.4) is 0 Å². The Morgan fingerprint density at radius 3 is 2.41 bits per heavy atom. The molecule has 0 amide bonds. The first kappa shape index (κ1) is 12.6. The van der Waals surface area contributed by atoms with Crippen LogP contribution in [0.2, 0.25) is 0 Å². The van der Waals surface area contributed by atoms with Crippen molar-refractivity contribution in [2.24, 2.45) is 0 Å².